The van der Waals surface area contributed by atoms with E-state index in [1.54, 1.807) is 18.3 Å². The first-order valence-corrected chi connectivity index (χ1v) is 15.9. The minimum atomic E-state index is -4.58. The van der Waals surface area contributed by atoms with Crippen LogP contribution in [0.1, 0.15) is 68.9 Å². The zero-order valence-corrected chi connectivity index (χ0v) is 26.0. The molecule has 4 aliphatic rings. The summed E-state index contributed by atoms with van der Waals surface area (Å²) in [6.07, 6.45) is -0.990. The maximum absolute atomic E-state index is 14.3. The predicted octanol–water partition coefficient (Wildman–Crippen LogP) is 3.07. The largest absolute Gasteiger partial charge is 0.444 e. The zero-order chi connectivity index (χ0) is 34.6. The van der Waals surface area contributed by atoms with Gasteiger partial charge in [0.25, 0.3) is 5.91 Å². The number of hydrogen-bond donors (Lipinski definition) is 3. The van der Waals surface area contributed by atoms with Crippen LogP contribution in [0, 0.1) is 23.2 Å². The van der Waals surface area contributed by atoms with Gasteiger partial charge in [-0.25, -0.2) is 9.18 Å². The predicted molar refractivity (Wildman–Crippen MR) is 158 cm³/mol. The third kappa shape index (κ3) is 7.88. The monoisotopic (exact) mass is 676 g/mol. The van der Waals surface area contributed by atoms with Crippen LogP contribution in [-0.2, 0) is 37.0 Å². The summed E-state index contributed by atoms with van der Waals surface area (Å²) in [5.41, 5.74) is -0.497. The summed E-state index contributed by atoms with van der Waals surface area (Å²) >= 11 is 0. The molecule has 3 heterocycles. The average molecular weight is 677 g/mol. The van der Waals surface area contributed by atoms with Crippen LogP contribution < -0.4 is 16.0 Å². The molecule has 5 rings (SSSR count). The van der Waals surface area contributed by atoms with Crippen molar-refractivity contribution in [1.82, 2.24) is 25.8 Å². The van der Waals surface area contributed by atoms with Crippen LogP contribution in [-0.4, -0.2) is 76.0 Å². The summed E-state index contributed by atoms with van der Waals surface area (Å²) < 4.78 is 58.4. The first-order chi connectivity index (χ1) is 22.8. The van der Waals surface area contributed by atoms with E-state index >= 15 is 0 Å². The van der Waals surface area contributed by atoms with Crippen molar-refractivity contribution in [2.24, 2.45) is 5.92 Å². The van der Waals surface area contributed by atoms with Crippen LogP contribution in [0.4, 0.5) is 22.4 Å². The lowest BCUT2D eigenvalue weighted by molar-refractivity contribution is -0.146. The van der Waals surface area contributed by atoms with Crippen molar-refractivity contribution in [3.63, 3.8) is 0 Å². The maximum Gasteiger partial charge on any atom is 0.410 e. The highest BCUT2D eigenvalue weighted by atomic mass is 19.4. The standard InChI is InChI=1S/C32H36F4N6O6/c33-23-9-6-7-19-15-41(17-22(19)23)30(47)48-21-13-25-27(44)40-31(29(46)38-18-37)14-20(31)8-4-2-1-3-5-10-24(28(45)42(25)16-21)39-26(43)11-12-32(34,35)36/h4,6-9,20-21,24-25H,1-3,5,10-17H2,(H,38,46)(H,39,43)(H,40,44)/b8-4-/t20-,21-,24+,25?,31-/m1/s1. The molecule has 1 aromatic rings. The maximum atomic E-state index is 14.3. The first-order valence-electron chi connectivity index (χ1n) is 15.9. The molecule has 3 N–H and O–H groups in total. The van der Waals surface area contributed by atoms with E-state index in [1.165, 1.54) is 17.0 Å². The Balaban J connectivity index is 1.38. The highest BCUT2D eigenvalue weighted by Gasteiger charge is 2.61. The van der Waals surface area contributed by atoms with E-state index in [-0.39, 0.29) is 38.9 Å². The molecule has 5 amide bonds. The van der Waals surface area contributed by atoms with Crippen molar-refractivity contribution >= 4 is 29.7 Å². The van der Waals surface area contributed by atoms with Crippen molar-refractivity contribution in [3.8, 4) is 6.19 Å². The smallest absolute Gasteiger partial charge is 0.410 e. The third-order valence-corrected chi connectivity index (χ3v) is 9.24. The lowest BCUT2D eigenvalue weighted by Gasteiger charge is -2.29. The van der Waals surface area contributed by atoms with Crippen LogP contribution in [0.3, 0.4) is 0 Å². The second-order valence-electron chi connectivity index (χ2n) is 12.6. The van der Waals surface area contributed by atoms with Gasteiger partial charge in [0.2, 0.25) is 17.7 Å². The summed E-state index contributed by atoms with van der Waals surface area (Å²) in [6, 6.07) is 1.93. The van der Waals surface area contributed by atoms with E-state index in [2.05, 4.69) is 16.0 Å². The number of carbonyl (C=O) groups is 5. The molecule has 16 heteroatoms. The Morgan fingerprint density at radius 1 is 1.15 bits per heavy atom. The van der Waals surface area contributed by atoms with Crippen molar-refractivity contribution in [2.45, 2.75) is 101 Å². The van der Waals surface area contributed by atoms with Crippen molar-refractivity contribution < 1.29 is 46.3 Å². The van der Waals surface area contributed by atoms with Crippen molar-refractivity contribution in [3.05, 3.63) is 47.3 Å². The van der Waals surface area contributed by atoms with Crippen molar-refractivity contribution in [2.75, 3.05) is 6.54 Å². The summed E-state index contributed by atoms with van der Waals surface area (Å²) in [7, 11) is 0. The van der Waals surface area contributed by atoms with Crippen LogP contribution in [0.5, 0.6) is 0 Å². The molecule has 0 spiro atoms. The van der Waals surface area contributed by atoms with Crippen LogP contribution in [0.2, 0.25) is 0 Å². The molecule has 12 nitrogen and oxygen atoms in total. The number of benzene rings is 1. The highest BCUT2D eigenvalue weighted by Crippen LogP contribution is 2.45. The van der Waals surface area contributed by atoms with Crippen molar-refractivity contribution in [1.29, 1.82) is 5.26 Å². The van der Waals surface area contributed by atoms with E-state index in [4.69, 9.17) is 10.00 Å². The Labute approximate surface area is 273 Å². The minimum Gasteiger partial charge on any atom is -0.444 e. The number of rotatable bonds is 5. The average Bonchev–Trinajstić information content (AvgIpc) is 3.33. The molecule has 48 heavy (non-hydrogen) atoms. The Hall–Kier alpha value is -4.68. The summed E-state index contributed by atoms with van der Waals surface area (Å²) in [5, 5.41) is 16.3. The molecule has 0 radical (unpaired) electrons. The van der Waals surface area contributed by atoms with E-state index < -0.39 is 84.2 Å². The number of hydrogen-bond acceptors (Lipinski definition) is 7. The Morgan fingerprint density at radius 2 is 1.94 bits per heavy atom. The number of ether oxygens (including phenoxy) is 1. The van der Waals surface area contributed by atoms with Gasteiger partial charge in [-0.05, 0) is 37.3 Å². The van der Waals surface area contributed by atoms with Crippen LogP contribution >= 0.6 is 0 Å². The molecule has 2 fully saturated rings. The molecular formula is C32H36F4N6O6. The number of nitriles is 1. The fraction of sp³-hybridized carbons (Fsp3) is 0.562. The number of nitrogens with zero attached hydrogens (tertiary/aromatic N) is 3. The van der Waals surface area contributed by atoms with E-state index in [1.807, 2.05) is 6.08 Å². The zero-order valence-electron chi connectivity index (χ0n) is 26.0. The van der Waals surface area contributed by atoms with Gasteiger partial charge >= 0.3 is 12.3 Å². The number of fused-ring (bicyclic) bond motifs is 3. The summed E-state index contributed by atoms with van der Waals surface area (Å²) in [5.74, 6) is -4.12. The number of amides is 5. The van der Waals surface area contributed by atoms with E-state index in [0.717, 1.165) is 4.90 Å². The summed E-state index contributed by atoms with van der Waals surface area (Å²) in [6.45, 7) is -0.242. The topological polar surface area (TPSA) is 161 Å². The molecule has 3 aliphatic heterocycles. The fourth-order valence-corrected chi connectivity index (χ4v) is 6.58. The quantitative estimate of drug-likeness (QED) is 0.187. The van der Waals surface area contributed by atoms with E-state index in [0.29, 0.717) is 36.8 Å². The minimum absolute atomic E-state index is 0.0441. The molecule has 258 valence electrons. The van der Waals surface area contributed by atoms with Gasteiger partial charge in [0, 0.05) is 30.9 Å². The molecule has 1 unspecified atom stereocenters. The highest BCUT2D eigenvalue weighted by molar-refractivity contribution is 5.99. The van der Waals surface area contributed by atoms with Gasteiger partial charge in [-0.15, -0.1) is 0 Å². The van der Waals surface area contributed by atoms with Gasteiger partial charge < -0.3 is 20.3 Å². The molecule has 1 saturated heterocycles. The Kier molecular flexibility index (Phi) is 10.3. The lowest BCUT2D eigenvalue weighted by Crippen LogP contribution is -2.57. The molecule has 5 atom stereocenters. The second kappa shape index (κ2) is 14.2. The fourth-order valence-electron chi connectivity index (χ4n) is 6.58. The van der Waals surface area contributed by atoms with Gasteiger partial charge in [-0.2, -0.15) is 18.4 Å². The first kappa shape index (κ1) is 34.6. The van der Waals surface area contributed by atoms with E-state index in [9.17, 15) is 41.5 Å². The number of nitrogens with one attached hydrogen (secondary N) is 3. The molecule has 1 aliphatic carbocycles. The molecule has 1 aromatic carbocycles. The number of halogens is 4. The number of alkyl halides is 3. The normalized spacial score (nSPS) is 28.0. The molecule has 0 bridgehead atoms. The SMILES string of the molecule is N#CNC(=O)[C@@]12C[C@H]1/C=C\CCCCC[C@H](NC(=O)CCC(F)(F)F)C(=O)N1C[C@H](OC(=O)N3Cc4cccc(F)c4C3)CC1C(=O)N2. The van der Waals surface area contributed by atoms with Gasteiger partial charge in [-0.1, -0.05) is 37.1 Å². The van der Waals surface area contributed by atoms with Gasteiger partial charge in [0.15, 0.2) is 6.19 Å². The number of carbonyl (C=O) groups excluding carboxylic acids is 5. The summed E-state index contributed by atoms with van der Waals surface area (Å²) in [4.78, 5) is 68.9. The number of allylic oxidation sites excluding steroid dienone is 1. The Morgan fingerprint density at radius 3 is 2.67 bits per heavy atom. The second-order valence-corrected chi connectivity index (χ2v) is 12.6. The molecule has 1 saturated carbocycles. The Bertz CT molecular complexity index is 1530. The third-order valence-electron chi connectivity index (χ3n) is 9.24. The lowest BCUT2D eigenvalue weighted by atomic mass is 10.0. The molecule has 0 aromatic heterocycles. The van der Waals surface area contributed by atoms with Gasteiger partial charge in [-0.3, -0.25) is 29.4 Å². The molecular weight excluding hydrogens is 640 g/mol. The van der Waals surface area contributed by atoms with Crippen LogP contribution in [0.15, 0.2) is 30.4 Å². The van der Waals surface area contributed by atoms with Gasteiger partial charge in [0.05, 0.1) is 19.5 Å². The van der Waals surface area contributed by atoms with Crippen LogP contribution in [0.25, 0.3) is 0 Å². The van der Waals surface area contributed by atoms with Gasteiger partial charge in [0.1, 0.15) is 29.5 Å².